The van der Waals surface area contributed by atoms with E-state index in [-0.39, 0.29) is 13.2 Å². The number of rotatable bonds is 9. The lowest BCUT2D eigenvalue weighted by atomic mass is 10.2. The molecule has 30 heavy (non-hydrogen) atoms. The molecule has 3 N–H and O–H groups in total. The first-order valence-electron chi connectivity index (χ1n) is 9.05. The Kier molecular flexibility index (Phi) is 8.07. The van der Waals surface area contributed by atoms with E-state index in [9.17, 15) is 9.59 Å². The lowest BCUT2D eigenvalue weighted by Crippen LogP contribution is -2.47. The molecular weight excluding hydrogens is 424 g/mol. The van der Waals surface area contributed by atoms with Gasteiger partial charge < -0.3 is 14.8 Å². The second-order valence-electron chi connectivity index (χ2n) is 6.17. The summed E-state index contributed by atoms with van der Waals surface area (Å²) in [5, 5.41) is 11.9. The fourth-order valence-corrected chi connectivity index (χ4v) is 3.23. The number of alkyl carbamates (subject to hydrolysis) is 1. The quantitative estimate of drug-likeness (QED) is 0.435. The molecule has 0 aliphatic carbocycles. The van der Waals surface area contributed by atoms with Crippen molar-refractivity contribution >= 4 is 40.7 Å². The minimum absolute atomic E-state index is 0.0447. The molecule has 0 saturated carbocycles. The zero-order valence-electron chi connectivity index (χ0n) is 15.9. The Hall–Kier alpha value is -3.08. The molecule has 1 aromatic heterocycles. The smallest absolute Gasteiger partial charge is 0.408 e. The van der Waals surface area contributed by atoms with Gasteiger partial charge in [-0.15, -0.1) is 5.10 Å². The van der Waals surface area contributed by atoms with Crippen LogP contribution in [0.15, 0.2) is 60.7 Å². The van der Waals surface area contributed by atoms with Gasteiger partial charge in [0.25, 0.3) is 5.91 Å². The molecule has 2 aromatic carbocycles. The molecule has 1 unspecified atom stereocenters. The van der Waals surface area contributed by atoms with Crippen LogP contribution >= 0.6 is 23.6 Å². The first-order chi connectivity index (χ1) is 14.6. The maximum absolute atomic E-state index is 12.6. The van der Waals surface area contributed by atoms with Gasteiger partial charge in [0, 0.05) is 0 Å². The summed E-state index contributed by atoms with van der Waals surface area (Å²) < 4.78 is 11.3. The summed E-state index contributed by atoms with van der Waals surface area (Å²) in [7, 11) is 0. The molecule has 0 fully saturated rings. The average molecular weight is 445 g/mol. The molecule has 0 bridgehead atoms. The van der Waals surface area contributed by atoms with Crippen LogP contribution in [0.1, 0.15) is 11.1 Å². The Bertz CT molecular complexity index is 1010. The normalized spacial score (nSPS) is 11.5. The van der Waals surface area contributed by atoms with Crippen molar-refractivity contribution in [3.05, 3.63) is 75.7 Å². The minimum Gasteiger partial charge on any atom is -0.445 e. The first-order valence-corrected chi connectivity index (χ1v) is 10.3. The van der Waals surface area contributed by atoms with E-state index >= 15 is 0 Å². The molecule has 0 aliphatic heterocycles. The van der Waals surface area contributed by atoms with E-state index in [1.807, 2.05) is 60.7 Å². The Labute approximate surface area is 182 Å². The number of nitrogens with one attached hydrogen (secondary N) is 3. The predicted molar refractivity (Wildman–Crippen MR) is 116 cm³/mol. The molecule has 1 atom stereocenters. The zero-order valence-corrected chi connectivity index (χ0v) is 17.5. The third kappa shape index (κ3) is 7.07. The molecular formula is C20H20N4O4S2. The van der Waals surface area contributed by atoms with Crippen molar-refractivity contribution in [3.8, 4) is 0 Å². The Morgan fingerprint density at radius 3 is 2.27 bits per heavy atom. The maximum Gasteiger partial charge on any atom is 0.408 e. The summed E-state index contributed by atoms with van der Waals surface area (Å²) in [5.41, 5.74) is 1.79. The topological polar surface area (TPSA) is 105 Å². The monoisotopic (exact) mass is 444 g/mol. The number of ether oxygens (including phenoxy) is 2. The molecule has 156 valence electrons. The SMILES string of the molecule is O=C(NC(COCc1ccccc1)C(=O)Nc1n[nH]c(=S)s1)OCc1ccccc1. The maximum atomic E-state index is 12.6. The van der Waals surface area contributed by atoms with Gasteiger partial charge in [-0.1, -0.05) is 72.0 Å². The van der Waals surface area contributed by atoms with Gasteiger partial charge in [0.05, 0.1) is 13.2 Å². The number of benzene rings is 2. The number of aromatic nitrogens is 2. The highest BCUT2D eigenvalue weighted by atomic mass is 32.1. The number of H-pyrrole nitrogens is 1. The molecule has 3 rings (SSSR count). The van der Waals surface area contributed by atoms with Gasteiger partial charge in [-0.25, -0.2) is 4.79 Å². The number of carbonyl (C=O) groups excluding carboxylic acids is 2. The van der Waals surface area contributed by atoms with Crippen LogP contribution in [0, 0.1) is 3.95 Å². The van der Waals surface area contributed by atoms with Crippen LogP contribution in [0.2, 0.25) is 0 Å². The molecule has 3 aromatic rings. The van der Waals surface area contributed by atoms with E-state index in [1.165, 1.54) is 0 Å². The number of hydrogen-bond acceptors (Lipinski definition) is 7. The zero-order chi connectivity index (χ0) is 21.2. The van der Waals surface area contributed by atoms with Crippen LogP contribution in [0.3, 0.4) is 0 Å². The van der Waals surface area contributed by atoms with Gasteiger partial charge in [-0.2, -0.15) is 0 Å². The van der Waals surface area contributed by atoms with E-state index in [2.05, 4.69) is 20.8 Å². The third-order valence-corrected chi connectivity index (χ3v) is 4.89. The van der Waals surface area contributed by atoms with Gasteiger partial charge >= 0.3 is 6.09 Å². The van der Waals surface area contributed by atoms with Gasteiger partial charge in [-0.3, -0.25) is 15.2 Å². The van der Waals surface area contributed by atoms with Gasteiger partial charge in [0.2, 0.25) is 5.13 Å². The summed E-state index contributed by atoms with van der Waals surface area (Å²) in [6.45, 7) is 0.344. The molecule has 0 saturated heterocycles. The van der Waals surface area contributed by atoms with Crippen LogP contribution < -0.4 is 10.6 Å². The Morgan fingerprint density at radius 1 is 1.03 bits per heavy atom. The highest BCUT2D eigenvalue weighted by Crippen LogP contribution is 2.11. The molecule has 0 radical (unpaired) electrons. The minimum atomic E-state index is -0.977. The van der Waals surface area contributed by atoms with E-state index in [4.69, 9.17) is 21.7 Å². The Morgan fingerprint density at radius 2 is 1.67 bits per heavy atom. The van der Waals surface area contributed by atoms with Crippen LogP contribution in [0.4, 0.5) is 9.93 Å². The number of amides is 2. The largest absolute Gasteiger partial charge is 0.445 e. The van der Waals surface area contributed by atoms with Gasteiger partial charge in [0.1, 0.15) is 12.6 Å². The highest BCUT2D eigenvalue weighted by molar-refractivity contribution is 7.73. The standard InChI is InChI=1S/C20H20N4O4S2/c25-17(22-18-23-24-20(29)30-18)16(13-27-11-14-7-3-1-4-8-14)21-19(26)28-12-15-9-5-2-6-10-15/h1-10,16H,11-13H2,(H,21,26)(H,24,29)(H,22,23,25). The summed E-state index contributed by atoms with van der Waals surface area (Å²) >= 11 is 6.07. The van der Waals surface area contributed by atoms with E-state index in [0.29, 0.717) is 15.7 Å². The van der Waals surface area contributed by atoms with Gasteiger partial charge in [-0.05, 0) is 23.3 Å². The fourth-order valence-electron chi connectivity index (χ4n) is 2.43. The summed E-state index contributed by atoms with van der Waals surface area (Å²) in [4.78, 5) is 24.8. The molecule has 8 nitrogen and oxygen atoms in total. The van der Waals surface area contributed by atoms with Crippen molar-refractivity contribution in [1.82, 2.24) is 15.5 Å². The lowest BCUT2D eigenvalue weighted by Gasteiger charge is -2.18. The van der Waals surface area contributed by atoms with Crippen LogP contribution in [0.5, 0.6) is 0 Å². The van der Waals surface area contributed by atoms with E-state index in [0.717, 1.165) is 22.5 Å². The average Bonchev–Trinajstić information content (AvgIpc) is 3.17. The first kappa shape index (κ1) is 21.6. The number of nitrogens with zero attached hydrogens (tertiary/aromatic N) is 1. The van der Waals surface area contributed by atoms with Crippen molar-refractivity contribution in [1.29, 1.82) is 0 Å². The highest BCUT2D eigenvalue weighted by Gasteiger charge is 2.23. The fraction of sp³-hybridized carbons (Fsp3) is 0.200. The molecule has 2 amide bonds. The van der Waals surface area contributed by atoms with Crippen molar-refractivity contribution in [2.45, 2.75) is 19.3 Å². The second kappa shape index (κ2) is 11.2. The van der Waals surface area contributed by atoms with E-state index < -0.39 is 18.0 Å². The Balaban J connectivity index is 1.57. The summed E-state index contributed by atoms with van der Waals surface area (Å²) in [6.07, 6.45) is -0.725. The number of carbonyl (C=O) groups is 2. The molecule has 10 heteroatoms. The predicted octanol–water partition coefficient (Wildman–Crippen LogP) is 3.65. The van der Waals surface area contributed by atoms with Crippen molar-refractivity contribution in [2.75, 3.05) is 11.9 Å². The number of anilines is 1. The van der Waals surface area contributed by atoms with Crippen LogP contribution in [-0.4, -0.2) is 34.8 Å². The molecule has 0 aliphatic rings. The van der Waals surface area contributed by atoms with Crippen LogP contribution in [-0.2, 0) is 27.5 Å². The van der Waals surface area contributed by atoms with Gasteiger partial charge in [0.15, 0.2) is 3.95 Å². The second-order valence-corrected chi connectivity index (χ2v) is 7.83. The lowest BCUT2D eigenvalue weighted by molar-refractivity contribution is -0.119. The number of aromatic amines is 1. The van der Waals surface area contributed by atoms with E-state index in [1.54, 1.807) is 0 Å². The van der Waals surface area contributed by atoms with Crippen LogP contribution in [0.25, 0.3) is 0 Å². The summed E-state index contributed by atoms with van der Waals surface area (Å²) in [6, 6.07) is 17.8. The molecule has 0 spiro atoms. The van der Waals surface area contributed by atoms with Crippen molar-refractivity contribution in [3.63, 3.8) is 0 Å². The third-order valence-electron chi connectivity index (χ3n) is 3.89. The van der Waals surface area contributed by atoms with Crippen molar-refractivity contribution < 1.29 is 19.1 Å². The summed E-state index contributed by atoms with van der Waals surface area (Å²) in [5.74, 6) is -0.488. The molecule has 1 heterocycles. The number of hydrogen-bond donors (Lipinski definition) is 3. The van der Waals surface area contributed by atoms with Crippen molar-refractivity contribution in [2.24, 2.45) is 0 Å².